The van der Waals surface area contributed by atoms with Crippen LogP contribution in [0.25, 0.3) is 0 Å². The molecule has 0 saturated carbocycles. The Morgan fingerprint density at radius 1 is 1.29 bits per heavy atom. The van der Waals surface area contributed by atoms with Crippen molar-refractivity contribution >= 4 is 10.2 Å². The topological polar surface area (TPSA) is 61.9 Å². The molecule has 136 valence electrons. The van der Waals surface area contributed by atoms with Crippen molar-refractivity contribution in [2.75, 3.05) is 40.8 Å². The summed E-state index contributed by atoms with van der Waals surface area (Å²) in [6.45, 7) is 3.41. The number of likely N-dealkylation sites (N-methyl/N-ethyl adjacent to an activating group) is 1. The van der Waals surface area contributed by atoms with Gasteiger partial charge in [0.05, 0.1) is 6.10 Å². The number of hydrogen-bond acceptors (Lipinski definition) is 4. The van der Waals surface area contributed by atoms with Crippen LogP contribution >= 0.6 is 0 Å². The molecule has 7 heteroatoms. The first-order valence-corrected chi connectivity index (χ1v) is 9.78. The van der Waals surface area contributed by atoms with Crippen molar-refractivity contribution in [1.82, 2.24) is 13.9 Å². The van der Waals surface area contributed by atoms with Gasteiger partial charge < -0.3 is 9.64 Å². The van der Waals surface area contributed by atoms with Gasteiger partial charge in [0.15, 0.2) is 0 Å². The van der Waals surface area contributed by atoms with Crippen molar-refractivity contribution < 1.29 is 13.2 Å². The minimum absolute atomic E-state index is 0.00232. The van der Waals surface area contributed by atoms with Gasteiger partial charge in [-0.1, -0.05) is 24.3 Å². The summed E-state index contributed by atoms with van der Waals surface area (Å²) in [5, 5.41) is 0. The number of piperidine rings is 1. The van der Waals surface area contributed by atoms with Crippen molar-refractivity contribution in [3.8, 4) is 0 Å². The third-order valence-corrected chi connectivity index (χ3v) is 6.28. The van der Waals surface area contributed by atoms with Crippen LogP contribution in [0.2, 0.25) is 0 Å². The number of benzene rings is 1. The summed E-state index contributed by atoms with van der Waals surface area (Å²) in [4.78, 5) is 2.04. The highest BCUT2D eigenvalue weighted by Gasteiger charge is 2.29. The fourth-order valence-corrected chi connectivity index (χ4v) is 4.36. The lowest BCUT2D eigenvalue weighted by molar-refractivity contribution is 0.0601. The molecular weight excluding hydrogens is 326 g/mol. The predicted octanol–water partition coefficient (Wildman–Crippen LogP) is 1.54. The minimum Gasteiger partial charge on any atom is -0.381 e. The highest BCUT2D eigenvalue weighted by Crippen LogP contribution is 2.22. The molecule has 0 bridgehead atoms. The summed E-state index contributed by atoms with van der Waals surface area (Å²) in [6.07, 6.45) is 1.65. The van der Waals surface area contributed by atoms with E-state index >= 15 is 0 Å². The van der Waals surface area contributed by atoms with Gasteiger partial charge in [-0.25, -0.2) is 4.72 Å². The first-order valence-electron chi connectivity index (χ1n) is 8.34. The van der Waals surface area contributed by atoms with Crippen LogP contribution < -0.4 is 4.72 Å². The summed E-state index contributed by atoms with van der Waals surface area (Å²) in [5.74, 6) is 0. The van der Waals surface area contributed by atoms with Gasteiger partial charge in [-0.15, -0.1) is 0 Å². The molecule has 2 rings (SSSR count). The standard InChI is InChI=1S/C17H29N3O3S/c1-14-7-5-6-8-16(14)17(19(2)3)13-18-24(21,22)20-11-9-15(23-4)10-12-20/h5-8,15,17-18H,9-13H2,1-4H3/t17-/m0/s1. The van der Waals surface area contributed by atoms with Gasteiger partial charge >= 0.3 is 0 Å². The van der Waals surface area contributed by atoms with Crippen LogP contribution in [0.4, 0.5) is 0 Å². The molecule has 24 heavy (non-hydrogen) atoms. The molecule has 0 amide bonds. The molecular formula is C17H29N3O3S. The molecule has 0 spiro atoms. The monoisotopic (exact) mass is 355 g/mol. The highest BCUT2D eigenvalue weighted by molar-refractivity contribution is 7.87. The van der Waals surface area contributed by atoms with Crippen molar-refractivity contribution in [3.05, 3.63) is 35.4 Å². The number of hydrogen-bond donors (Lipinski definition) is 1. The molecule has 6 nitrogen and oxygen atoms in total. The van der Waals surface area contributed by atoms with E-state index in [1.165, 1.54) is 4.31 Å². The summed E-state index contributed by atoms with van der Waals surface area (Å²) in [7, 11) is 2.15. The van der Waals surface area contributed by atoms with Gasteiger partial charge in [0.1, 0.15) is 0 Å². The zero-order chi connectivity index (χ0) is 17.7. The highest BCUT2D eigenvalue weighted by atomic mass is 32.2. The molecule has 1 saturated heterocycles. The van der Waals surface area contributed by atoms with Crippen molar-refractivity contribution in [3.63, 3.8) is 0 Å². The largest absolute Gasteiger partial charge is 0.381 e. The lowest BCUT2D eigenvalue weighted by Gasteiger charge is -2.32. The lowest BCUT2D eigenvalue weighted by Crippen LogP contribution is -2.48. The van der Waals surface area contributed by atoms with Crippen LogP contribution in [0.3, 0.4) is 0 Å². The predicted molar refractivity (Wildman–Crippen MR) is 96.1 cm³/mol. The second kappa shape index (κ2) is 8.40. The molecule has 1 atom stereocenters. The van der Waals surface area contributed by atoms with Crippen LogP contribution in [0.15, 0.2) is 24.3 Å². The average Bonchev–Trinajstić information content (AvgIpc) is 2.56. The summed E-state index contributed by atoms with van der Waals surface area (Å²) >= 11 is 0. The van der Waals surface area contributed by atoms with Gasteiger partial charge in [-0.2, -0.15) is 12.7 Å². The smallest absolute Gasteiger partial charge is 0.279 e. The normalized spacial score (nSPS) is 18.9. The van der Waals surface area contributed by atoms with Crippen molar-refractivity contribution in [1.29, 1.82) is 0 Å². The van der Waals surface area contributed by atoms with E-state index in [2.05, 4.69) is 23.8 Å². The Morgan fingerprint density at radius 3 is 2.46 bits per heavy atom. The molecule has 1 aliphatic heterocycles. The molecule has 0 aliphatic carbocycles. The maximum Gasteiger partial charge on any atom is 0.279 e. The fourth-order valence-electron chi connectivity index (χ4n) is 3.12. The number of rotatable bonds is 7. The van der Waals surface area contributed by atoms with Gasteiger partial charge in [-0.05, 0) is 45.0 Å². The zero-order valence-electron chi connectivity index (χ0n) is 15.0. The van der Waals surface area contributed by atoms with E-state index in [1.54, 1.807) is 7.11 Å². The SMILES string of the molecule is COC1CCN(S(=O)(=O)NC[C@@H](c2ccccc2C)N(C)C)CC1. The Hall–Kier alpha value is -0.990. The van der Waals surface area contributed by atoms with E-state index in [0.717, 1.165) is 24.0 Å². The summed E-state index contributed by atoms with van der Waals surface area (Å²) in [5.41, 5.74) is 2.31. The van der Waals surface area contributed by atoms with Crippen LogP contribution in [-0.2, 0) is 14.9 Å². The Morgan fingerprint density at radius 2 is 1.92 bits per heavy atom. The Kier molecular flexibility index (Phi) is 6.77. The molecule has 1 aromatic rings. The molecule has 1 aliphatic rings. The second-order valence-corrected chi connectivity index (χ2v) is 8.28. The van der Waals surface area contributed by atoms with Crippen LogP contribution in [0.5, 0.6) is 0 Å². The number of methoxy groups -OCH3 is 1. The van der Waals surface area contributed by atoms with E-state index in [1.807, 2.05) is 31.1 Å². The maximum absolute atomic E-state index is 12.6. The number of ether oxygens (including phenoxy) is 1. The van der Waals surface area contributed by atoms with Crippen LogP contribution in [0.1, 0.15) is 30.0 Å². The van der Waals surface area contributed by atoms with E-state index in [9.17, 15) is 8.42 Å². The van der Waals surface area contributed by atoms with E-state index in [4.69, 9.17) is 4.74 Å². The zero-order valence-corrected chi connectivity index (χ0v) is 15.8. The molecule has 1 N–H and O–H groups in total. The van der Waals surface area contributed by atoms with Crippen LogP contribution in [0, 0.1) is 6.92 Å². The average molecular weight is 356 g/mol. The molecule has 0 aromatic heterocycles. The van der Waals surface area contributed by atoms with E-state index in [-0.39, 0.29) is 12.1 Å². The molecule has 1 heterocycles. The molecule has 1 fully saturated rings. The van der Waals surface area contributed by atoms with E-state index < -0.39 is 10.2 Å². The van der Waals surface area contributed by atoms with Gasteiger partial charge in [0.2, 0.25) is 0 Å². The first kappa shape index (κ1) is 19.3. The second-order valence-electron chi connectivity index (χ2n) is 6.52. The first-order chi connectivity index (χ1) is 11.3. The van der Waals surface area contributed by atoms with Gasteiger partial charge in [-0.3, -0.25) is 0 Å². The fraction of sp³-hybridized carbons (Fsp3) is 0.647. The third-order valence-electron chi connectivity index (χ3n) is 4.70. The number of nitrogens with zero attached hydrogens (tertiary/aromatic N) is 2. The molecule has 0 unspecified atom stereocenters. The Labute approximate surface area is 146 Å². The van der Waals surface area contributed by atoms with Gasteiger partial charge in [0, 0.05) is 32.8 Å². The Bertz CT molecular complexity index is 626. The van der Waals surface area contributed by atoms with Crippen molar-refractivity contribution in [2.45, 2.75) is 31.9 Å². The molecule has 0 radical (unpaired) electrons. The number of nitrogens with one attached hydrogen (secondary N) is 1. The minimum atomic E-state index is -3.46. The quantitative estimate of drug-likeness (QED) is 0.806. The summed E-state index contributed by atoms with van der Waals surface area (Å²) < 4.78 is 34.8. The third kappa shape index (κ3) is 4.77. The van der Waals surface area contributed by atoms with Crippen LogP contribution in [-0.4, -0.2) is 64.6 Å². The number of aryl methyl sites for hydroxylation is 1. The lowest BCUT2D eigenvalue weighted by atomic mass is 10.0. The van der Waals surface area contributed by atoms with E-state index in [0.29, 0.717) is 19.6 Å². The maximum atomic E-state index is 12.6. The molecule has 1 aromatic carbocycles. The Balaban J connectivity index is 2.02. The van der Waals surface area contributed by atoms with Gasteiger partial charge in [0.25, 0.3) is 10.2 Å². The van der Waals surface area contributed by atoms with Crippen molar-refractivity contribution in [2.24, 2.45) is 0 Å². The summed E-state index contributed by atoms with van der Waals surface area (Å²) in [6, 6.07) is 8.09.